The van der Waals surface area contributed by atoms with E-state index in [1.165, 1.54) is 5.56 Å². The van der Waals surface area contributed by atoms with Gasteiger partial charge >= 0.3 is 0 Å². The number of aliphatic hydroxyl groups is 1. The fraction of sp³-hybridized carbons (Fsp3) is 0.522. The Morgan fingerprint density at radius 2 is 2.00 bits per heavy atom. The Balaban J connectivity index is 1.91. The number of ether oxygens (including phenoxy) is 1. The van der Waals surface area contributed by atoms with Crippen molar-refractivity contribution in [3.63, 3.8) is 0 Å². The molecule has 1 aromatic heterocycles. The van der Waals surface area contributed by atoms with Crippen LogP contribution < -0.4 is 10.5 Å². The molecule has 5 heteroatoms. The van der Waals surface area contributed by atoms with Crippen LogP contribution in [0.15, 0.2) is 30.3 Å². The largest absolute Gasteiger partial charge is 0.496 e. The molecular formula is C23H34N2O3. The zero-order chi connectivity index (χ0) is 20.7. The van der Waals surface area contributed by atoms with Crippen molar-refractivity contribution in [2.75, 3.05) is 13.7 Å². The second kappa shape index (κ2) is 9.89. The number of nitrogens with zero attached hydrogens (tertiary/aromatic N) is 1. The second-order valence-corrected chi connectivity index (χ2v) is 7.72. The number of rotatable bonds is 11. The molecule has 0 saturated heterocycles. The molecule has 0 aliphatic rings. The first-order valence-electron chi connectivity index (χ1n) is 10.0. The number of aromatic nitrogens is 1. The summed E-state index contributed by atoms with van der Waals surface area (Å²) >= 11 is 0. The number of benzene rings is 1. The van der Waals surface area contributed by atoms with E-state index in [0.29, 0.717) is 12.8 Å². The summed E-state index contributed by atoms with van der Waals surface area (Å²) in [5, 5.41) is 9.47. The lowest BCUT2D eigenvalue weighted by atomic mass is 9.92. The number of Topliss-reactive ketones (excluding diaryl/α,β-unsaturated/α-hetero) is 1. The number of nitrogens with two attached hydrogens (primary N) is 1. The van der Waals surface area contributed by atoms with Crippen LogP contribution in [0.4, 0.5) is 0 Å². The summed E-state index contributed by atoms with van der Waals surface area (Å²) in [5.74, 6) is 1.05. The maximum absolute atomic E-state index is 12.6. The summed E-state index contributed by atoms with van der Waals surface area (Å²) in [6.07, 6.45) is 4.38. The fourth-order valence-electron chi connectivity index (χ4n) is 3.51. The van der Waals surface area contributed by atoms with Crippen LogP contribution >= 0.6 is 0 Å². The van der Waals surface area contributed by atoms with Gasteiger partial charge in [0.15, 0.2) is 5.78 Å². The van der Waals surface area contributed by atoms with Gasteiger partial charge in [-0.15, -0.1) is 0 Å². The van der Waals surface area contributed by atoms with Crippen molar-refractivity contribution in [1.82, 2.24) is 4.57 Å². The van der Waals surface area contributed by atoms with E-state index in [0.717, 1.165) is 48.4 Å². The Bertz CT molecular complexity index is 791. The monoisotopic (exact) mass is 386 g/mol. The Labute approximate surface area is 168 Å². The smallest absolute Gasteiger partial charge is 0.179 e. The van der Waals surface area contributed by atoms with Crippen LogP contribution in [0.1, 0.15) is 59.9 Å². The highest BCUT2D eigenvalue weighted by molar-refractivity contribution is 5.94. The van der Waals surface area contributed by atoms with Crippen LogP contribution in [0.3, 0.4) is 0 Å². The molecule has 3 N–H and O–H groups in total. The van der Waals surface area contributed by atoms with Crippen molar-refractivity contribution in [3.05, 3.63) is 52.8 Å². The molecule has 154 valence electrons. The molecule has 0 amide bonds. The van der Waals surface area contributed by atoms with E-state index in [-0.39, 0.29) is 12.4 Å². The van der Waals surface area contributed by atoms with E-state index in [1.54, 1.807) is 7.11 Å². The molecule has 0 aliphatic carbocycles. The SMILES string of the molecule is CCC(N)(CO)CCc1ccc(C(=O)CCCc2ccc(OC)c(C)c2)n1C. The normalized spacial score (nSPS) is 13.4. The summed E-state index contributed by atoms with van der Waals surface area (Å²) in [6.45, 7) is 4.00. The van der Waals surface area contributed by atoms with Gasteiger partial charge in [-0.1, -0.05) is 19.1 Å². The number of aryl methyl sites for hydroxylation is 3. The lowest BCUT2D eigenvalue weighted by Crippen LogP contribution is -2.43. The summed E-state index contributed by atoms with van der Waals surface area (Å²) in [7, 11) is 3.60. The van der Waals surface area contributed by atoms with Crippen LogP contribution in [0, 0.1) is 6.92 Å². The van der Waals surface area contributed by atoms with Crippen LogP contribution in [0.25, 0.3) is 0 Å². The van der Waals surface area contributed by atoms with Gasteiger partial charge in [0.1, 0.15) is 5.75 Å². The fourth-order valence-corrected chi connectivity index (χ4v) is 3.51. The van der Waals surface area contributed by atoms with Crippen molar-refractivity contribution in [1.29, 1.82) is 0 Å². The third-order valence-corrected chi connectivity index (χ3v) is 5.74. The minimum atomic E-state index is -0.551. The Hall–Kier alpha value is -2.11. The number of aliphatic hydroxyl groups excluding tert-OH is 1. The molecule has 2 rings (SSSR count). The standard InChI is InChI=1S/C23H34N2O3/c1-5-23(24,16-26)14-13-19-10-11-20(25(19)3)21(27)8-6-7-18-9-12-22(28-4)17(2)15-18/h9-12,15,26H,5-8,13-14,16,24H2,1-4H3. The van der Waals surface area contributed by atoms with E-state index in [9.17, 15) is 9.90 Å². The number of carbonyl (C=O) groups excluding carboxylic acids is 1. The van der Waals surface area contributed by atoms with E-state index < -0.39 is 5.54 Å². The molecule has 1 unspecified atom stereocenters. The van der Waals surface area contributed by atoms with E-state index >= 15 is 0 Å². The second-order valence-electron chi connectivity index (χ2n) is 7.72. The maximum atomic E-state index is 12.6. The summed E-state index contributed by atoms with van der Waals surface area (Å²) < 4.78 is 7.26. The van der Waals surface area contributed by atoms with Gasteiger partial charge in [-0.3, -0.25) is 4.79 Å². The van der Waals surface area contributed by atoms with Crippen molar-refractivity contribution >= 4 is 5.78 Å². The Kier molecular flexibility index (Phi) is 7.84. The van der Waals surface area contributed by atoms with Gasteiger partial charge in [0.2, 0.25) is 0 Å². The van der Waals surface area contributed by atoms with Crippen molar-refractivity contribution in [2.24, 2.45) is 12.8 Å². The lowest BCUT2D eigenvalue weighted by molar-refractivity contribution is 0.0972. The topological polar surface area (TPSA) is 77.5 Å². The van der Waals surface area contributed by atoms with Crippen LogP contribution in [0.5, 0.6) is 5.75 Å². The average molecular weight is 387 g/mol. The first-order valence-corrected chi connectivity index (χ1v) is 10.0. The predicted octanol–water partition coefficient (Wildman–Crippen LogP) is 3.58. The van der Waals surface area contributed by atoms with Gasteiger partial charge in [-0.05, 0) is 68.4 Å². The highest BCUT2D eigenvalue weighted by Crippen LogP contribution is 2.21. The average Bonchev–Trinajstić information content (AvgIpc) is 3.06. The van der Waals surface area contributed by atoms with E-state index in [2.05, 4.69) is 12.1 Å². The quantitative estimate of drug-likeness (QED) is 0.579. The van der Waals surface area contributed by atoms with Crippen LogP contribution in [-0.4, -0.2) is 34.7 Å². The summed E-state index contributed by atoms with van der Waals surface area (Å²) in [5.41, 5.74) is 9.78. The number of carbonyl (C=O) groups is 1. The van der Waals surface area contributed by atoms with Crippen molar-refractivity contribution in [2.45, 2.75) is 57.9 Å². The van der Waals surface area contributed by atoms with Crippen molar-refractivity contribution in [3.8, 4) is 5.75 Å². The van der Waals surface area contributed by atoms with Crippen molar-refractivity contribution < 1.29 is 14.6 Å². The van der Waals surface area contributed by atoms with Gasteiger partial charge in [0.05, 0.1) is 19.4 Å². The van der Waals surface area contributed by atoms with Crippen LogP contribution in [-0.2, 0) is 19.9 Å². The molecule has 5 nitrogen and oxygen atoms in total. The molecule has 0 bridgehead atoms. The maximum Gasteiger partial charge on any atom is 0.179 e. The molecule has 0 fully saturated rings. The molecule has 1 aromatic carbocycles. The highest BCUT2D eigenvalue weighted by Gasteiger charge is 2.22. The minimum Gasteiger partial charge on any atom is -0.496 e. The van der Waals surface area contributed by atoms with Crippen LogP contribution in [0.2, 0.25) is 0 Å². The van der Waals surface area contributed by atoms with Gasteiger partial charge in [0, 0.05) is 24.7 Å². The number of hydrogen-bond acceptors (Lipinski definition) is 4. The first-order chi connectivity index (χ1) is 13.3. The minimum absolute atomic E-state index is 0.0233. The molecular weight excluding hydrogens is 352 g/mol. The zero-order valence-electron chi connectivity index (χ0n) is 17.6. The Morgan fingerprint density at radius 1 is 1.25 bits per heavy atom. The first kappa shape index (κ1) is 22.2. The molecule has 1 heterocycles. The van der Waals surface area contributed by atoms with Gasteiger partial charge in [-0.25, -0.2) is 0 Å². The van der Waals surface area contributed by atoms with Gasteiger partial charge in [0.25, 0.3) is 0 Å². The molecule has 0 aliphatic heterocycles. The molecule has 2 aromatic rings. The number of methoxy groups -OCH3 is 1. The van der Waals surface area contributed by atoms with Gasteiger partial charge < -0.3 is 20.1 Å². The Morgan fingerprint density at radius 3 is 2.61 bits per heavy atom. The molecule has 0 spiro atoms. The van der Waals surface area contributed by atoms with E-state index in [4.69, 9.17) is 10.5 Å². The van der Waals surface area contributed by atoms with E-state index in [1.807, 2.05) is 43.7 Å². The number of ketones is 1. The highest BCUT2D eigenvalue weighted by atomic mass is 16.5. The molecule has 28 heavy (non-hydrogen) atoms. The molecule has 1 atom stereocenters. The third-order valence-electron chi connectivity index (χ3n) is 5.74. The van der Waals surface area contributed by atoms with Gasteiger partial charge in [-0.2, -0.15) is 0 Å². The number of hydrogen-bond donors (Lipinski definition) is 2. The summed E-state index contributed by atoms with van der Waals surface area (Å²) in [4.78, 5) is 12.6. The predicted molar refractivity (Wildman–Crippen MR) is 113 cm³/mol. The molecule has 0 saturated carbocycles. The summed E-state index contributed by atoms with van der Waals surface area (Å²) in [6, 6.07) is 10.1. The molecule has 0 radical (unpaired) electrons. The third kappa shape index (κ3) is 5.46. The zero-order valence-corrected chi connectivity index (χ0v) is 17.6. The lowest BCUT2D eigenvalue weighted by Gasteiger charge is -2.25.